The first-order valence-electron chi connectivity index (χ1n) is 9.49. The molecule has 0 atom stereocenters. The van der Waals surface area contributed by atoms with Gasteiger partial charge in [-0.15, -0.1) is 0 Å². The largest absolute Gasteiger partial charge is 0.489 e. The summed E-state index contributed by atoms with van der Waals surface area (Å²) in [6.07, 6.45) is -0.200. The molecule has 2 aromatic carbocycles. The Balaban J connectivity index is 1.75. The first-order chi connectivity index (χ1) is 14.0. The lowest BCUT2D eigenvalue weighted by Crippen LogP contribution is -2.74. The van der Waals surface area contributed by atoms with E-state index in [0.717, 1.165) is 0 Å². The summed E-state index contributed by atoms with van der Waals surface area (Å²) < 4.78 is 6.21. The monoisotopic (exact) mass is 426 g/mol. The van der Waals surface area contributed by atoms with Gasteiger partial charge in [0.2, 0.25) is 0 Å². The van der Waals surface area contributed by atoms with E-state index in [4.69, 9.17) is 26.7 Å². The number of hydrogen-bond donors (Lipinski definition) is 2. The van der Waals surface area contributed by atoms with Gasteiger partial charge in [0.05, 0.1) is 16.1 Å². The second-order valence-electron chi connectivity index (χ2n) is 8.68. The van der Waals surface area contributed by atoms with Crippen LogP contribution in [0.4, 0.5) is 0 Å². The van der Waals surface area contributed by atoms with E-state index < -0.39 is 5.97 Å². The molecule has 1 aliphatic rings. The maximum atomic E-state index is 12.7. The molecule has 0 unspecified atom stereocenters. The van der Waals surface area contributed by atoms with E-state index in [-0.39, 0.29) is 34.4 Å². The molecule has 156 valence electrons. The van der Waals surface area contributed by atoms with Crippen molar-refractivity contribution in [2.24, 2.45) is 10.8 Å². The quantitative estimate of drug-likeness (QED) is 0.732. The highest BCUT2D eigenvalue weighted by Gasteiger charge is 2.64. The van der Waals surface area contributed by atoms with Crippen molar-refractivity contribution < 1.29 is 19.4 Å². The van der Waals surface area contributed by atoms with Crippen molar-refractivity contribution in [3.8, 4) is 11.8 Å². The van der Waals surface area contributed by atoms with Gasteiger partial charge in [0.15, 0.2) is 0 Å². The van der Waals surface area contributed by atoms with Crippen molar-refractivity contribution >= 4 is 23.5 Å². The number of nitrogens with one attached hydrogen (secondary N) is 1. The van der Waals surface area contributed by atoms with Crippen LogP contribution in [0.5, 0.6) is 5.75 Å². The second kappa shape index (κ2) is 7.66. The number of amides is 1. The van der Waals surface area contributed by atoms with Gasteiger partial charge >= 0.3 is 5.97 Å². The Bertz CT molecular complexity index is 1020. The minimum atomic E-state index is -1.04. The summed E-state index contributed by atoms with van der Waals surface area (Å²) in [6.45, 7) is 8.08. The number of halogens is 1. The van der Waals surface area contributed by atoms with Gasteiger partial charge in [0, 0.05) is 28.5 Å². The van der Waals surface area contributed by atoms with Crippen molar-refractivity contribution in [3.05, 3.63) is 64.2 Å². The van der Waals surface area contributed by atoms with Gasteiger partial charge in [-0.05, 0) is 36.4 Å². The summed E-state index contributed by atoms with van der Waals surface area (Å²) in [5.74, 6) is -0.733. The molecule has 1 saturated carbocycles. The number of carboxylic acid groups (broad SMARTS) is 1. The SMILES string of the molecule is CC1(C)[C@H](NC(=O)c2ccc(C(=O)O)cc2)C(C)(C)[C@H]1Oc1ccc(C#N)c(Cl)c1. The predicted octanol–water partition coefficient (Wildman–Crippen LogP) is 4.52. The van der Waals surface area contributed by atoms with Crippen LogP contribution in [-0.2, 0) is 0 Å². The third-order valence-corrected chi connectivity index (χ3v) is 6.14. The summed E-state index contributed by atoms with van der Waals surface area (Å²) in [5, 5.41) is 21.4. The van der Waals surface area contributed by atoms with Crippen LogP contribution in [0.15, 0.2) is 42.5 Å². The van der Waals surface area contributed by atoms with Gasteiger partial charge in [0.25, 0.3) is 5.91 Å². The molecule has 0 aromatic heterocycles. The average Bonchev–Trinajstić information content (AvgIpc) is 2.69. The van der Waals surface area contributed by atoms with E-state index in [1.165, 1.54) is 24.3 Å². The molecule has 0 heterocycles. The third-order valence-electron chi connectivity index (χ3n) is 5.82. The van der Waals surface area contributed by atoms with E-state index in [0.29, 0.717) is 21.9 Å². The molecule has 2 aromatic rings. The summed E-state index contributed by atoms with van der Waals surface area (Å²) >= 11 is 6.12. The third kappa shape index (κ3) is 3.73. The Hall–Kier alpha value is -3.04. The molecule has 0 aliphatic heterocycles. The van der Waals surface area contributed by atoms with Crippen molar-refractivity contribution in [1.29, 1.82) is 5.26 Å². The fraction of sp³-hybridized carbons (Fsp3) is 0.348. The Morgan fingerprint density at radius 1 is 1.07 bits per heavy atom. The van der Waals surface area contributed by atoms with Crippen LogP contribution < -0.4 is 10.1 Å². The molecule has 0 bridgehead atoms. The van der Waals surface area contributed by atoms with Crippen molar-refractivity contribution in [2.75, 3.05) is 0 Å². The van der Waals surface area contributed by atoms with Crippen LogP contribution in [0, 0.1) is 22.2 Å². The van der Waals surface area contributed by atoms with Gasteiger partial charge in [0.1, 0.15) is 17.9 Å². The minimum absolute atomic E-state index is 0.130. The van der Waals surface area contributed by atoms with Crippen molar-refractivity contribution in [1.82, 2.24) is 5.32 Å². The smallest absolute Gasteiger partial charge is 0.335 e. The highest BCUT2D eigenvalue weighted by Crippen LogP contribution is 2.55. The van der Waals surface area contributed by atoms with Crippen LogP contribution in [-0.4, -0.2) is 29.1 Å². The fourth-order valence-electron chi connectivity index (χ4n) is 4.57. The zero-order chi connectivity index (χ0) is 22.3. The molecule has 3 rings (SSSR count). The van der Waals surface area contributed by atoms with Crippen LogP contribution in [0.3, 0.4) is 0 Å². The molecular weight excluding hydrogens is 404 g/mol. The van der Waals surface area contributed by atoms with E-state index in [2.05, 4.69) is 5.32 Å². The molecule has 6 nitrogen and oxygen atoms in total. The first-order valence-corrected chi connectivity index (χ1v) is 9.87. The highest BCUT2D eigenvalue weighted by atomic mass is 35.5. The van der Waals surface area contributed by atoms with E-state index in [9.17, 15) is 9.59 Å². The van der Waals surface area contributed by atoms with E-state index >= 15 is 0 Å². The molecule has 1 amide bonds. The zero-order valence-electron chi connectivity index (χ0n) is 17.2. The number of carbonyl (C=O) groups excluding carboxylic acids is 1. The standard InChI is InChI=1S/C23H23ClN2O4/c1-22(2)20(26-18(27)13-5-7-14(8-6-13)19(28)29)23(3,4)21(22)30-16-10-9-15(12-25)17(24)11-16/h5-11,20-21H,1-4H3,(H,26,27)(H,28,29)/t20-,21-. The summed E-state index contributed by atoms with van der Waals surface area (Å²) in [6, 6.07) is 12.6. The summed E-state index contributed by atoms with van der Waals surface area (Å²) in [4.78, 5) is 23.7. The molecule has 1 aliphatic carbocycles. The maximum Gasteiger partial charge on any atom is 0.335 e. The summed E-state index contributed by atoms with van der Waals surface area (Å²) in [7, 11) is 0. The molecule has 7 heteroatoms. The number of hydrogen-bond acceptors (Lipinski definition) is 4. The number of nitrogens with zero attached hydrogens (tertiary/aromatic N) is 1. The number of ether oxygens (including phenoxy) is 1. The number of carboxylic acids is 1. The number of benzene rings is 2. The summed E-state index contributed by atoms with van der Waals surface area (Å²) in [5.41, 5.74) is 0.164. The minimum Gasteiger partial charge on any atom is -0.489 e. The fourth-order valence-corrected chi connectivity index (χ4v) is 4.79. The number of aromatic carboxylic acids is 1. The van der Waals surface area contributed by atoms with E-state index in [1.54, 1.807) is 18.2 Å². The maximum absolute atomic E-state index is 12.7. The predicted molar refractivity (Wildman–Crippen MR) is 113 cm³/mol. The zero-order valence-corrected chi connectivity index (χ0v) is 17.9. The van der Waals surface area contributed by atoms with Crippen molar-refractivity contribution in [3.63, 3.8) is 0 Å². The lowest BCUT2D eigenvalue weighted by molar-refractivity contribution is -0.164. The lowest BCUT2D eigenvalue weighted by Gasteiger charge is -2.63. The molecular formula is C23H23ClN2O4. The van der Waals surface area contributed by atoms with Gasteiger partial charge in [-0.1, -0.05) is 39.3 Å². The van der Waals surface area contributed by atoms with Crippen LogP contribution in [0.1, 0.15) is 54.0 Å². The topological polar surface area (TPSA) is 99.4 Å². The molecule has 0 saturated heterocycles. The Kier molecular flexibility index (Phi) is 5.53. The highest BCUT2D eigenvalue weighted by molar-refractivity contribution is 6.31. The molecule has 1 fully saturated rings. The van der Waals surface area contributed by atoms with Crippen LogP contribution in [0.2, 0.25) is 5.02 Å². The van der Waals surface area contributed by atoms with E-state index in [1.807, 2.05) is 33.8 Å². The second-order valence-corrected chi connectivity index (χ2v) is 9.09. The Morgan fingerprint density at radius 2 is 1.63 bits per heavy atom. The van der Waals surface area contributed by atoms with Gasteiger partial charge in [-0.3, -0.25) is 4.79 Å². The van der Waals surface area contributed by atoms with Gasteiger partial charge in [-0.25, -0.2) is 4.79 Å². The molecule has 0 spiro atoms. The molecule has 2 N–H and O–H groups in total. The number of rotatable bonds is 5. The lowest BCUT2D eigenvalue weighted by atomic mass is 9.49. The number of nitriles is 1. The van der Waals surface area contributed by atoms with Gasteiger partial charge in [-0.2, -0.15) is 5.26 Å². The van der Waals surface area contributed by atoms with Crippen molar-refractivity contribution in [2.45, 2.75) is 39.8 Å². The average molecular weight is 427 g/mol. The van der Waals surface area contributed by atoms with Crippen LogP contribution >= 0.6 is 11.6 Å². The van der Waals surface area contributed by atoms with Gasteiger partial charge < -0.3 is 15.2 Å². The van der Waals surface area contributed by atoms with Crippen LogP contribution in [0.25, 0.3) is 0 Å². The first kappa shape index (κ1) is 21.7. The molecule has 0 radical (unpaired) electrons. The number of carbonyl (C=O) groups is 2. The normalized spacial score (nSPS) is 21.1. The Labute approximate surface area is 180 Å². The molecule has 30 heavy (non-hydrogen) atoms. The Morgan fingerprint density at radius 3 is 2.13 bits per heavy atom.